The number of nitrogens with one attached hydrogen (secondary N) is 2. The number of aryl methyl sites for hydroxylation is 1. The van der Waals surface area contributed by atoms with Crippen LogP contribution >= 0.6 is 0 Å². The van der Waals surface area contributed by atoms with Crippen molar-refractivity contribution < 1.29 is 9.63 Å². The molecule has 12 nitrogen and oxygen atoms in total. The predicted octanol–water partition coefficient (Wildman–Crippen LogP) is 4.00. The summed E-state index contributed by atoms with van der Waals surface area (Å²) in [6.45, 7) is 9.66. The van der Waals surface area contributed by atoms with Crippen LogP contribution < -0.4 is 16.2 Å². The lowest BCUT2D eigenvalue weighted by Crippen LogP contribution is -2.23. The van der Waals surface area contributed by atoms with Crippen molar-refractivity contribution in [2.45, 2.75) is 39.4 Å². The molecule has 0 aliphatic heterocycles. The standard InChI is InChI=1S/C27H29N9O3/c1-5-13-35-26(38)19-11-12-22(31-24(19)36(35)16(2)3)32-27-28-14-20(25-29-17(4)34-39-25)23(33-27)30-21(15-37)18-9-7-6-8-10-18/h5-12,14,16,21,37H,1,13,15H2,2-4H3,(H2,28,30,31,32,33)/t21-/m1/s1. The minimum absolute atomic E-state index is 0.00417. The van der Waals surface area contributed by atoms with Gasteiger partial charge in [0.05, 0.1) is 24.6 Å². The number of aliphatic hydroxyl groups excluding tert-OH is 1. The van der Waals surface area contributed by atoms with E-state index in [4.69, 9.17) is 9.51 Å². The van der Waals surface area contributed by atoms with E-state index in [0.29, 0.717) is 40.6 Å². The second kappa shape index (κ2) is 10.9. The molecule has 1 aromatic carbocycles. The van der Waals surface area contributed by atoms with Gasteiger partial charge in [0.25, 0.3) is 11.4 Å². The number of rotatable bonds is 10. The van der Waals surface area contributed by atoms with Crippen molar-refractivity contribution in [2.75, 3.05) is 17.2 Å². The van der Waals surface area contributed by atoms with Crippen molar-refractivity contribution in [2.24, 2.45) is 0 Å². The first kappa shape index (κ1) is 25.8. The van der Waals surface area contributed by atoms with Gasteiger partial charge in [-0.3, -0.25) is 9.48 Å². The second-order valence-electron chi connectivity index (χ2n) is 9.20. The molecule has 5 aromatic rings. The number of benzene rings is 1. The fourth-order valence-electron chi connectivity index (χ4n) is 4.34. The van der Waals surface area contributed by atoms with Gasteiger partial charge in [0.2, 0.25) is 5.95 Å². The quantitative estimate of drug-likeness (QED) is 0.228. The maximum Gasteiger partial charge on any atom is 0.276 e. The Hall–Kier alpha value is -4.84. The number of hydrogen-bond acceptors (Lipinski definition) is 10. The molecule has 0 aliphatic carbocycles. The highest BCUT2D eigenvalue weighted by molar-refractivity contribution is 5.77. The molecule has 39 heavy (non-hydrogen) atoms. The number of anilines is 3. The summed E-state index contributed by atoms with van der Waals surface area (Å²) >= 11 is 0. The van der Waals surface area contributed by atoms with Gasteiger partial charge in [-0.2, -0.15) is 9.97 Å². The van der Waals surface area contributed by atoms with Crippen molar-refractivity contribution in [1.29, 1.82) is 0 Å². The summed E-state index contributed by atoms with van der Waals surface area (Å²) in [6, 6.07) is 12.5. The molecule has 0 spiro atoms. The van der Waals surface area contributed by atoms with Crippen LogP contribution in [-0.4, -0.2) is 46.2 Å². The highest BCUT2D eigenvalue weighted by atomic mass is 16.5. The molecule has 12 heteroatoms. The highest BCUT2D eigenvalue weighted by Crippen LogP contribution is 2.29. The summed E-state index contributed by atoms with van der Waals surface area (Å²) in [7, 11) is 0. The van der Waals surface area contributed by atoms with E-state index >= 15 is 0 Å². The van der Waals surface area contributed by atoms with Gasteiger partial charge in [0.15, 0.2) is 11.5 Å². The molecule has 5 rings (SSSR count). The Bertz CT molecular complexity index is 1670. The molecule has 0 bridgehead atoms. The van der Waals surface area contributed by atoms with Gasteiger partial charge in [0, 0.05) is 12.2 Å². The van der Waals surface area contributed by atoms with E-state index in [2.05, 4.69) is 37.3 Å². The topological polar surface area (TPSA) is 149 Å². The number of hydrogen-bond donors (Lipinski definition) is 3. The van der Waals surface area contributed by atoms with Crippen molar-refractivity contribution in [3.05, 3.63) is 83.1 Å². The summed E-state index contributed by atoms with van der Waals surface area (Å²) in [5.74, 6) is 1.81. The first-order chi connectivity index (χ1) is 18.9. The number of fused-ring (bicyclic) bond motifs is 1. The third-order valence-corrected chi connectivity index (χ3v) is 6.09. The van der Waals surface area contributed by atoms with Crippen LogP contribution in [-0.2, 0) is 6.54 Å². The first-order valence-corrected chi connectivity index (χ1v) is 12.5. The lowest BCUT2D eigenvalue weighted by atomic mass is 10.1. The van der Waals surface area contributed by atoms with E-state index in [9.17, 15) is 9.90 Å². The smallest absolute Gasteiger partial charge is 0.276 e. The minimum atomic E-state index is -0.448. The summed E-state index contributed by atoms with van der Waals surface area (Å²) < 4.78 is 8.84. The maximum absolute atomic E-state index is 12.9. The van der Waals surface area contributed by atoms with Crippen LogP contribution in [0.5, 0.6) is 0 Å². The van der Waals surface area contributed by atoms with Gasteiger partial charge in [-0.15, -0.1) is 6.58 Å². The van der Waals surface area contributed by atoms with Crippen molar-refractivity contribution in [3.8, 4) is 11.5 Å². The molecule has 4 heterocycles. The molecule has 0 saturated heterocycles. The Morgan fingerprint density at radius 1 is 1.13 bits per heavy atom. The third-order valence-electron chi connectivity index (χ3n) is 6.09. The van der Waals surface area contributed by atoms with Crippen molar-refractivity contribution >= 4 is 28.6 Å². The molecule has 0 unspecified atom stereocenters. The van der Waals surface area contributed by atoms with Gasteiger partial charge in [-0.05, 0) is 38.5 Å². The summed E-state index contributed by atoms with van der Waals surface area (Å²) in [5, 5.41) is 20.9. The normalized spacial score (nSPS) is 12.1. The minimum Gasteiger partial charge on any atom is -0.394 e. The van der Waals surface area contributed by atoms with Gasteiger partial charge in [-0.25, -0.2) is 14.6 Å². The lowest BCUT2D eigenvalue weighted by molar-refractivity contribution is 0.276. The van der Waals surface area contributed by atoms with Crippen LogP contribution in [0.1, 0.15) is 37.3 Å². The largest absolute Gasteiger partial charge is 0.394 e. The van der Waals surface area contributed by atoms with Crippen LogP contribution in [0.25, 0.3) is 22.5 Å². The Balaban J connectivity index is 1.54. The van der Waals surface area contributed by atoms with E-state index in [1.54, 1.807) is 36.0 Å². The Morgan fingerprint density at radius 2 is 1.92 bits per heavy atom. The molecule has 0 aliphatic rings. The molecule has 0 saturated carbocycles. The molecular weight excluding hydrogens is 498 g/mol. The summed E-state index contributed by atoms with van der Waals surface area (Å²) in [4.78, 5) is 31.1. The lowest BCUT2D eigenvalue weighted by Gasteiger charge is -2.19. The molecule has 0 amide bonds. The van der Waals surface area contributed by atoms with E-state index in [0.717, 1.165) is 5.56 Å². The Kier molecular flexibility index (Phi) is 7.19. The Morgan fingerprint density at radius 3 is 2.59 bits per heavy atom. The van der Waals surface area contributed by atoms with Gasteiger partial charge in [-0.1, -0.05) is 41.6 Å². The zero-order chi connectivity index (χ0) is 27.5. The molecule has 1 atom stereocenters. The Labute approximate surface area is 224 Å². The molecular formula is C27H29N9O3. The highest BCUT2D eigenvalue weighted by Gasteiger charge is 2.20. The van der Waals surface area contributed by atoms with E-state index in [1.165, 1.54) is 0 Å². The zero-order valence-corrected chi connectivity index (χ0v) is 21.9. The van der Waals surface area contributed by atoms with Crippen LogP contribution in [0.3, 0.4) is 0 Å². The predicted molar refractivity (Wildman–Crippen MR) is 148 cm³/mol. The maximum atomic E-state index is 12.9. The molecule has 3 N–H and O–H groups in total. The molecule has 0 fully saturated rings. The van der Waals surface area contributed by atoms with Crippen LogP contribution in [0.15, 0.2) is 70.6 Å². The zero-order valence-electron chi connectivity index (χ0n) is 21.9. The molecule has 200 valence electrons. The average Bonchev–Trinajstić information content (AvgIpc) is 3.48. The fraction of sp³-hybridized carbons (Fsp3) is 0.259. The first-order valence-electron chi connectivity index (χ1n) is 12.5. The summed E-state index contributed by atoms with van der Waals surface area (Å²) in [6.07, 6.45) is 3.25. The molecule has 0 radical (unpaired) electrons. The monoisotopic (exact) mass is 527 g/mol. The number of aliphatic hydroxyl groups is 1. The SMILES string of the molecule is C=CCn1c(=O)c2ccc(Nc3ncc(-c4nc(C)no4)c(N[C@H](CO)c4ccccc4)n3)nc2n1C(C)C. The number of aromatic nitrogens is 7. The van der Waals surface area contributed by atoms with Gasteiger partial charge >= 0.3 is 0 Å². The van der Waals surface area contributed by atoms with Crippen LogP contribution in [0.2, 0.25) is 0 Å². The average molecular weight is 528 g/mol. The van der Waals surface area contributed by atoms with Crippen molar-refractivity contribution in [3.63, 3.8) is 0 Å². The van der Waals surface area contributed by atoms with E-state index < -0.39 is 6.04 Å². The fourth-order valence-corrected chi connectivity index (χ4v) is 4.34. The summed E-state index contributed by atoms with van der Waals surface area (Å²) in [5.41, 5.74) is 1.77. The molecule has 4 aromatic heterocycles. The second-order valence-corrected chi connectivity index (χ2v) is 9.20. The van der Waals surface area contributed by atoms with Gasteiger partial charge < -0.3 is 20.3 Å². The third kappa shape index (κ3) is 5.14. The van der Waals surface area contributed by atoms with E-state index in [1.807, 2.05) is 48.9 Å². The van der Waals surface area contributed by atoms with Gasteiger partial charge in [0.1, 0.15) is 17.2 Å². The van der Waals surface area contributed by atoms with Crippen LogP contribution in [0, 0.1) is 6.92 Å². The van der Waals surface area contributed by atoms with E-state index in [-0.39, 0.29) is 30.0 Å². The number of pyridine rings is 1. The number of allylic oxidation sites excluding steroid dienone is 1. The number of nitrogens with zero attached hydrogens (tertiary/aromatic N) is 7. The van der Waals surface area contributed by atoms with Crippen LogP contribution in [0.4, 0.5) is 17.6 Å². The van der Waals surface area contributed by atoms with Crippen molar-refractivity contribution in [1.82, 2.24) is 34.5 Å².